The van der Waals surface area contributed by atoms with Crippen LogP contribution in [0.4, 0.5) is 0 Å². The minimum absolute atomic E-state index is 0.0733. The van der Waals surface area contributed by atoms with E-state index in [1.807, 2.05) is 47.8 Å². The number of hydrogen-bond acceptors (Lipinski definition) is 7. The molecule has 1 aromatic heterocycles. The fourth-order valence-electron chi connectivity index (χ4n) is 9.07. The molecule has 234 valence electrons. The monoisotopic (exact) mass is 591 g/mol. The molecule has 2 aliphatic carbocycles. The van der Waals surface area contributed by atoms with Gasteiger partial charge in [0.2, 0.25) is 0 Å². The molecule has 4 aliphatic rings. The van der Waals surface area contributed by atoms with E-state index >= 15 is 0 Å². The van der Waals surface area contributed by atoms with E-state index in [0.717, 1.165) is 41.6 Å². The van der Waals surface area contributed by atoms with Gasteiger partial charge in [-0.25, -0.2) is 4.98 Å². The summed E-state index contributed by atoms with van der Waals surface area (Å²) in [7, 11) is 3.89. The number of carbonyl (C=O) groups is 1. The Morgan fingerprint density at radius 1 is 0.977 bits per heavy atom. The van der Waals surface area contributed by atoms with Crippen molar-refractivity contribution in [3.05, 3.63) is 40.3 Å². The van der Waals surface area contributed by atoms with E-state index in [1.54, 1.807) is 0 Å². The Morgan fingerprint density at radius 3 is 2.35 bits per heavy atom. The molecule has 4 fully saturated rings. The van der Waals surface area contributed by atoms with E-state index in [2.05, 4.69) is 17.0 Å². The summed E-state index contributed by atoms with van der Waals surface area (Å²) in [6.07, 6.45) is 12.4. The van der Waals surface area contributed by atoms with Crippen LogP contribution in [-0.4, -0.2) is 81.5 Å². The van der Waals surface area contributed by atoms with Gasteiger partial charge in [0.1, 0.15) is 12.3 Å². The van der Waals surface area contributed by atoms with Gasteiger partial charge in [0, 0.05) is 37.1 Å². The van der Waals surface area contributed by atoms with Crippen molar-refractivity contribution in [2.24, 2.45) is 22.9 Å². The molecule has 0 spiro atoms. The Morgan fingerprint density at radius 2 is 1.67 bits per heavy atom. The highest BCUT2D eigenvalue weighted by molar-refractivity contribution is 6.00. The predicted octanol–water partition coefficient (Wildman–Crippen LogP) is 5.32. The SMILES string of the molecule is CC1C[C@@H]2CC(N3[C@@H]4CCC[C@H]3CC(n3c(=O)c(C(CCC(=O)O)=NOCCN(C)C)nc5ccccc53)C4)C[C@H](C1)C2. The summed E-state index contributed by atoms with van der Waals surface area (Å²) >= 11 is 0. The van der Waals surface area contributed by atoms with E-state index < -0.39 is 5.97 Å². The van der Waals surface area contributed by atoms with Crippen LogP contribution in [0.5, 0.6) is 0 Å². The lowest BCUT2D eigenvalue weighted by molar-refractivity contribution is -0.136. The number of benzene rings is 1. The molecular formula is C34H49N5O4. The van der Waals surface area contributed by atoms with Crippen LogP contribution in [0.25, 0.3) is 11.0 Å². The molecule has 0 radical (unpaired) electrons. The summed E-state index contributed by atoms with van der Waals surface area (Å²) in [5, 5.41) is 13.7. The minimum atomic E-state index is -0.941. The van der Waals surface area contributed by atoms with Gasteiger partial charge in [0.15, 0.2) is 5.69 Å². The molecule has 0 amide bonds. The number of hydrogen-bond donors (Lipinski definition) is 1. The van der Waals surface area contributed by atoms with Gasteiger partial charge >= 0.3 is 5.97 Å². The van der Waals surface area contributed by atoms with E-state index in [9.17, 15) is 14.7 Å². The standard InChI is InChI=1S/C34H49N5O4/c1-22-15-23-17-24(16-22)19-27(18-23)38-25-7-6-8-26(38)21-28(20-25)39-31-10-5-4-9-29(31)35-33(34(39)42)30(11-12-32(40)41)36-43-14-13-37(2)3/h4-5,9-10,22-28H,6-8,11-21H2,1-3H3,(H,40,41)/t22?,23-,24+,25-,26+,27?,28?. The van der Waals surface area contributed by atoms with Crippen molar-refractivity contribution in [1.29, 1.82) is 0 Å². The van der Waals surface area contributed by atoms with E-state index in [1.165, 1.54) is 51.4 Å². The lowest BCUT2D eigenvalue weighted by Crippen LogP contribution is -2.59. The number of fused-ring (bicyclic) bond motifs is 5. The van der Waals surface area contributed by atoms with Crippen LogP contribution in [-0.2, 0) is 9.63 Å². The van der Waals surface area contributed by atoms with Crippen molar-refractivity contribution in [2.75, 3.05) is 27.2 Å². The molecule has 7 atom stereocenters. The molecule has 1 N–H and O–H groups in total. The molecule has 6 rings (SSSR count). The maximum Gasteiger partial charge on any atom is 0.303 e. The molecule has 3 unspecified atom stereocenters. The van der Waals surface area contributed by atoms with Crippen molar-refractivity contribution in [2.45, 2.75) is 108 Å². The zero-order valence-corrected chi connectivity index (χ0v) is 26.2. The molecule has 1 aromatic carbocycles. The van der Waals surface area contributed by atoms with Crippen LogP contribution in [0.15, 0.2) is 34.2 Å². The average molecular weight is 592 g/mol. The molecule has 2 saturated heterocycles. The number of carboxylic acid groups (broad SMARTS) is 1. The zero-order valence-electron chi connectivity index (χ0n) is 26.2. The molecule has 2 aliphatic heterocycles. The first-order chi connectivity index (χ1) is 20.8. The number of aliphatic carboxylic acids is 1. The van der Waals surface area contributed by atoms with Crippen molar-refractivity contribution in [3.8, 4) is 0 Å². The number of oxime groups is 1. The van der Waals surface area contributed by atoms with Gasteiger partial charge in [-0.15, -0.1) is 0 Å². The van der Waals surface area contributed by atoms with E-state index in [4.69, 9.17) is 9.82 Å². The highest BCUT2D eigenvalue weighted by Crippen LogP contribution is 2.48. The third-order valence-corrected chi connectivity index (χ3v) is 10.6. The minimum Gasteiger partial charge on any atom is -0.481 e. The van der Waals surface area contributed by atoms with E-state index in [-0.39, 0.29) is 30.1 Å². The number of para-hydroxylation sites is 2. The first-order valence-electron chi connectivity index (χ1n) is 16.6. The normalized spacial score (nSPS) is 31.3. The fourth-order valence-corrected chi connectivity index (χ4v) is 9.07. The van der Waals surface area contributed by atoms with Crippen molar-refractivity contribution >= 4 is 22.7 Å². The Balaban J connectivity index is 1.31. The van der Waals surface area contributed by atoms with Gasteiger partial charge in [-0.2, -0.15) is 0 Å². The van der Waals surface area contributed by atoms with Crippen LogP contribution in [0.3, 0.4) is 0 Å². The number of likely N-dealkylation sites (N-methyl/N-ethyl adjacent to an activating group) is 1. The first-order valence-corrected chi connectivity index (χ1v) is 16.6. The topological polar surface area (TPSA) is 100 Å². The maximum atomic E-state index is 14.4. The summed E-state index contributed by atoms with van der Waals surface area (Å²) in [6.45, 7) is 3.45. The Hall–Kier alpha value is -2.78. The second-order valence-corrected chi connectivity index (χ2v) is 14.2. The molecular weight excluding hydrogens is 542 g/mol. The van der Waals surface area contributed by atoms with Gasteiger partial charge in [-0.3, -0.25) is 14.5 Å². The summed E-state index contributed by atoms with van der Waals surface area (Å²) in [5.74, 6) is 1.69. The summed E-state index contributed by atoms with van der Waals surface area (Å²) in [4.78, 5) is 41.1. The summed E-state index contributed by atoms with van der Waals surface area (Å²) < 4.78 is 1.98. The molecule has 2 saturated carbocycles. The van der Waals surface area contributed by atoms with Crippen LogP contribution in [0.2, 0.25) is 0 Å². The van der Waals surface area contributed by atoms with Gasteiger partial charge < -0.3 is 19.4 Å². The fraction of sp³-hybridized carbons (Fsp3) is 0.706. The third kappa shape index (κ3) is 6.68. The smallest absolute Gasteiger partial charge is 0.303 e. The number of piperidine rings is 2. The first kappa shape index (κ1) is 30.3. The van der Waals surface area contributed by atoms with Crippen molar-refractivity contribution in [3.63, 3.8) is 0 Å². The molecule has 9 heteroatoms. The predicted molar refractivity (Wildman–Crippen MR) is 168 cm³/mol. The maximum absolute atomic E-state index is 14.4. The van der Waals surface area contributed by atoms with Crippen LogP contribution in [0.1, 0.15) is 95.7 Å². The molecule has 3 heterocycles. The highest BCUT2D eigenvalue weighted by atomic mass is 16.6. The number of nitrogens with zero attached hydrogens (tertiary/aromatic N) is 5. The Bertz CT molecular complexity index is 1360. The van der Waals surface area contributed by atoms with Crippen molar-refractivity contribution in [1.82, 2.24) is 19.4 Å². The van der Waals surface area contributed by atoms with Gasteiger partial charge in [0.25, 0.3) is 5.56 Å². The number of aromatic nitrogens is 2. The summed E-state index contributed by atoms with van der Waals surface area (Å²) in [6, 6.07) is 9.60. The van der Waals surface area contributed by atoms with Gasteiger partial charge in [-0.05, 0) is 102 Å². The van der Waals surface area contributed by atoms with E-state index in [0.29, 0.717) is 37.0 Å². The molecule has 43 heavy (non-hydrogen) atoms. The second kappa shape index (κ2) is 13.1. The average Bonchev–Trinajstić information content (AvgIpc) is 2.95. The molecule has 9 nitrogen and oxygen atoms in total. The van der Waals surface area contributed by atoms with Crippen LogP contribution in [0, 0.1) is 17.8 Å². The number of rotatable bonds is 10. The Labute approximate surface area is 255 Å². The van der Waals surface area contributed by atoms with Gasteiger partial charge in [0.05, 0.1) is 17.5 Å². The van der Waals surface area contributed by atoms with Crippen LogP contribution >= 0.6 is 0 Å². The second-order valence-electron chi connectivity index (χ2n) is 14.2. The van der Waals surface area contributed by atoms with Crippen molar-refractivity contribution < 1.29 is 14.7 Å². The zero-order chi connectivity index (χ0) is 30.1. The number of carboxylic acids is 1. The lowest BCUT2D eigenvalue weighted by Gasteiger charge is -2.55. The largest absolute Gasteiger partial charge is 0.481 e. The van der Waals surface area contributed by atoms with Crippen LogP contribution < -0.4 is 5.56 Å². The van der Waals surface area contributed by atoms with Gasteiger partial charge in [-0.1, -0.05) is 30.6 Å². The Kier molecular flexibility index (Phi) is 9.19. The molecule has 2 aromatic rings. The highest BCUT2D eigenvalue weighted by Gasteiger charge is 2.46. The molecule has 4 bridgehead atoms. The lowest BCUT2D eigenvalue weighted by atomic mass is 9.65. The quantitative estimate of drug-likeness (QED) is 0.227. The summed E-state index contributed by atoms with van der Waals surface area (Å²) in [5.41, 5.74) is 1.92. The third-order valence-electron chi connectivity index (χ3n) is 10.6.